The van der Waals surface area contributed by atoms with Crippen molar-refractivity contribution in [3.63, 3.8) is 0 Å². The van der Waals surface area contributed by atoms with Crippen LogP contribution in [0.4, 0.5) is 0 Å². The minimum atomic E-state index is -0.128. The molecule has 2 heterocycles. The number of aromatic amines is 1. The number of nitrogens with zero attached hydrogens (tertiary/aromatic N) is 1. The first-order valence-corrected chi connectivity index (χ1v) is 7.04. The fraction of sp³-hybridized carbons (Fsp3) is 0.286. The van der Waals surface area contributed by atoms with Crippen LogP contribution in [0.25, 0.3) is 0 Å². The summed E-state index contributed by atoms with van der Waals surface area (Å²) < 4.78 is 0. The Labute approximate surface area is 121 Å². The summed E-state index contributed by atoms with van der Waals surface area (Å²) in [5.74, 6) is 5.62. The Kier molecular flexibility index (Phi) is 4.93. The lowest BCUT2D eigenvalue weighted by Crippen LogP contribution is -2.22. The molecule has 0 spiro atoms. The number of H-pyrrole nitrogens is 1. The first-order valence-electron chi connectivity index (χ1n) is 6.16. The van der Waals surface area contributed by atoms with E-state index in [-0.39, 0.29) is 12.5 Å². The highest BCUT2D eigenvalue weighted by Crippen LogP contribution is 2.13. The van der Waals surface area contributed by atoms with Crippen LogP contribution in [0.5, 0.6) is 0 Å². The van der Waals surface area contributed by atoms with Crippen molar-refractivity contribution >= 4 is 17.2 Å². The van der Waals surface area contributed by atoms with Crippen molar-refractivity contribution in [3.05, 3.63) is 39.3 Å². The third-order valence-electron chi connectivity index (χ3n) is 2.68. The van der Waals surface area contributed by atoms with Gasteiger partial charge in [0, 0.05) is 29.6 Å². The van der Waals surface area contributed by atoms with Gasteiger partial charge in [-0.25, -0.2) is 0 Å². The minimum absolute atomic E-state index is 0.0514. The number of carbonyl (C=O) groups is 1. The Morgan fingerprint density at radius 2 is 2.45 bits per heavy atom. The quantitative estimate of drug-likeness (QED) is 0.745. The molecule has 0 aliphatic carbocycles. The summed E-state index contributed by atoms with van der Waals surface area (Å²) in [6, 6.07) is 1.76. The van der Waals surface area contributed by atoms with E-state index < -0.39 is 0 Å². The number of amides is 1. The van der Waals surface area contributed by atoms with E-state index >= 15 is 0 Å². The summed E-state index contributed by atoms with van der Waals surface area (Å²) in [5.41, 5.74) is 2.52. The number of hydrogen-bond donors (Lipinski definition) is 3. The number of carbonyl (C=O) groups excluding carboxylic acids is 1. The summed E-state index contributed by atoms with van der Waals surface area (Å²) in [4.78, 5) is 12.8. The summed E-state index contributed by atoms with van der Waals surface area (Å²) in [7, 11) is 0. The Balaban J connectivity index is 1.93. The van der Waals surface area contributed by atoms with Crippen molar-refractivity contribution in [2.75, 3.05) is 6.61 Å². The Hall–Kier alpha value is -2.10. The molecule has 0 radical (unpaired) electrons. The van der Waals surface area contributed by atoms with E-state index in [0.717, 1.165) is 16.1 Å². The van der Waals surface area contributed by atoms with Crippen LogP contribution in [0.15, 0.2) is 17.6 Å². The van der Waals surface area contributed by atoms with Crippen molar-refractivity contribution in [1.82, 2.24) is 15.5 Å². The molecule has 20 heavy (non-hydrogen) atoms. The molecule has 2 rings (SSSR count). The van der Waals surface area contributed by atoms with Gasteiger partial charge in [0.25, 0.3) is 5.91 Å². The number of aliphatic hydroxyl groups is 1. The number of aromatic nitrogens is 2. The standard InChI is InChI=1S/C14H15N3O2S/c1-10-12(8-16-17-10)7-15-14(19)11-6-13(20-9-11)4-2-3-5-18/h6,8-9,18H,3,5,7H2,1H3,(H,15,19)(H,16,17). The SMILES string of the molecule is Cc1[nH]ncc1CNC(=O)c1csc(C#CCCO)c1. The van der Waals surface area contributed by atoms with Gasteiger partial charge in [0.05, 0.1) is 23.2 Å². The van der Waals surface area contributed by atoms with Crippen molar-refractivity contribution in [2.45, 2.75) is 19.9 Å². The fourth-order valence-electron chi connectivity index (χ4n) is 1.56. The molecule has 5 nitrogen and oxygen atoms in total. The molecule has 2 aromatic heterocycles. The van der Waals surface area contributed by atoms with E-state index in [2.05, 4.69) is 27.4 Å². The number of aryl methyl sites for hydroxylation is 1. The predicted octanol–water partition coefficient (Wildman–Crippen LogP) is 1.44. The first-order chi connectivity index (χ1) is 9.70. The van der Waals surface area contributed by atoms with Gasteiger partial charge >= 0.3 is 0 Å². The molecule has 0 bridgehead atoms. The summed E-state index contributed by atoms with van der Waals surface area (Å²) in [6.07, 6.45) is 2.15. The Morgan fingerprint density at radius 1 is 1.60 bits per heavy atom. The predicted molar refractivity (Wildman–Crippen MR) is 77.4 cm³/mol. The maximum atomic E-state index is 12.0. The van der Waals surface area contributed by atoms with Gasteiger partial charge in [-0.1, -0.05) is 11.8 Å². The maximum absolute atomic E-state index is 12.0. The first kappa shape index (κ1) is 14.3. The molecule has 0 unspecified atom stereocenters. The van der Waals surface area contributed by atoms with E-state index in [1.165, 1.54) is 11.3 Å². The van der Waals surface area contributed by atoms with Crippen molar-refractivity contribution < 1.29 is 9.90 Å². The van der Waals surface area contributed by atoms with Gasteiger partial charge in [-0.3, -0.25) is 9.89 Å². The zero-order valence-electron chi connectivity index (χ0n) is 11.1. The van der Waals surface area contributed by atoms with Gasteiger partial charge in [0.2, 0.25) is 0 Å². The lowest BCUT2D eigenvalue weighted by molar-refractivity contribution is 0.0951. The van der Waals surface area contributed by atoms with Gasteiger partial charge in [-0.2, -0.15) is 5.10 Å². The zero-order chi connectivity index (χ0) is 14.4. The van der Waals surface area contributed by atoms with Crippen LogP contribution < -0.4 is 5.32 Å². The number of rotatable bonds is 4. The van der Waals surface area contributed by atoms with Crippen LogP contribution in [-0.4, -0.2) is 27.8 Å². The van der Waals surface area contributed by atoms with Gasteiger partial charge in [-0.05, 0) is 13.0 Å². The average molecular weight is 289 g/mol. The second-order valence-electron chi connectivity index (χ2n) is 4.18. The molecule has 0 saturated heterocycles. The highest BCUT2D eigenvalue weighted by atomic mass is 32.1. The van der Waals surface area contributed by atoms with E-state index in [9.17, 15) is 4.79 Å². The maximum Gasteiger partial charge on any atom is 0.252 e. The summed E-state index contributed by atoms with van der Waals surface area (Å²) in [5, 5.41) is 20.0. The third-order valence-corrected chi connectivity index (χ3v) is 3.53. The van der Waals surface area contributed by atoms with Crippen molar-refractivity contribution in [1.29, 1.82) is 0 Å². The number of thiophene rings is 1. The largest absolute Gasteiger partial charge is 0.395 e. The zero-order valence-corrected chi connectivity index (χ0v) is 11.9. The monoisotopic (exact) mass is 289 g/mol. The molecule has 0 aliphatic rings. The van der Waals surface area contributed by atoms with Crippen molar-refractivity contribution in [3.8, 4) is 11.8 Å². The molecule has 1 amide bonds. The molecule has 2 aromatic rings. The van der Waals surface area contributed by atoms with Crippen LogP contribution >= 0.6 is 11.3 Å². The lowest BCUT2D eigenvalue weighted by Gasteiger charge is -2.02. The molecule has 0 aromatic carbocycles. The summed E-state index contributed by atoms with van der Waals surface area (Å²) in [6.45, 7) is 2.41. The van der Waals surface area contributed by atoms with E-state index in [1.54, 1.807) is 17.6 Å². The molecule has 104 valence electrons. The second kappa shape index (κ2) is 6.89. The highest BCUT2D eigenvalue weighted by Gasteiger charge is 2.08. The molecular formula is C14H15N3O2S. The van der Waals surface area contributed by atoms with E-state index in [1.807, 2.05) is 6.92 Å². The van der Waals surface area contributed by atoms with Crippen molar-refractivity contribution in [2.24, 2.45) is 0 Å². The van der Waals surface area contributed by atoms with E-state index in [4.69, 9.17) is 5.11 Å². The number of hydrogen-bond acceptors (Lipinski definition) is 4. The fourth-order valence-corrected chi connectivity index (χ4v) is 2.31. The normalized spacial score (nSPS) is 9.90. The lowest BCUT2D eigenvalue weighted by atomic mass is 10.2. The average Bonchev–Trinajstić information content (AvgIpc) is 3.06. The molecule has 6 heteroatoms. The smallest absolute Gasteiger partial charge is 0.252 e. The summed E-state index contributed by atoms with van der Waals surface area (Å²) >= 11 is 1.42. The number of nitrogens with one attached hydrogen (secondary N) is 2. The van der Waals surface area contributed by atoms with Crippen LogP contribution in [0.3, 0.4) is 0 Å². The van der Waals surface area contributed by atoms with Crippen LogP contribution in [-0.2, 0) is 6.54 Å². The Morgan fingerprint density at radius 3 is 3.15 bits per heavy atom. The molecule has 0 atom stereocenters. The van der Waals surface area contributed by atoms with Gasteiger partial charge in [-0.15, -0.1) is 11.3 Å². The van der Waals surface area contributed by atoms with Gasteiger partial charge in [0.1, 0.15) is 0 Å². The molecule has 0 aliphatic heterocycles. The topological polar surface area (TPSA) is 78.0 Å². The molecular weight excluding hydrogens is 274 g/mol. The Bertz CT molecular complexity index is 649. The van der Waals surface area contributed by atoms with E-state index in [0.29, 0.717) is 18.5 Å². The second-order valence-corrected chi connectivity index (χ2v) is 5.09. The minimum Gasteiger partial charge on any atom is -0.395 e. The van der Waals surface area contributed by atoms with Crippen LogP contribution in [0.1, 0.15) is 32.9 Å². The molecule has 3 N–H and O–H groups in total. The van der Waals surface area contributed by atoms with Gasteiger partial charge < -0.3 is 10.4 Å². The highest BCUT2D eigenvalue weighted by molar-refractivity contribution is 7.10. The number of aliphatic hydroxyl groups excluding tert-OH is 1. The molecule has 0 saturated carbocycles. The van der Waals surface area contributed by atoms with Crippen LogP contribution in [0, 0.1) is 18.8 Å². The molecule has 0 fully saturated rings. The third kappa shape index (κ3) is 3.70. The van der Waals surface area contributed by atoms with Gasteiger partial charge in [0.15, 0.2) is 0 Å². The van der Waals surface area contributed by atoms with Crippen LogP contribution in [0.2, 0.25) is 0 Å².